The van der Waals surface area contributed by atoms with Gasteiger partial charge in [-0.2, -0.15) is 5.10 Å². The van der Waals surface area contributed by atoms with E-state index < -0.39 is 0 Å². The Morgan fingerprint density at radius 2 is 2.23 bits per heavy atom. The van der Waals surface area contributed by atoms with Crippen molar-refractivity contribution in [2.24, 2.45) is 5.92 Å². The molecule has 13 heavy (non-hydrogen) atoms. The van der Waals surface area contributed by atoms with Crippen LogP contribution in [0.2, 0.25) is 0 Å². The smallest absolute Gasteiger partial charge is 0.108 e. The van der Waals surface area contributed by atoms with E-state index in [-0.39, 0.29) is 0 Å². The van der Waals surface area contributed by atoms with E-state index in [0.29, 0.717) is 5.92 Å². The molecule has 2 aromatic rings. The minimum atomic E-state index is 0.669. The number of pyridine rings is 1. The zero-order valence-electron chi connectivity index (χ0n) is 7.91. The molecule has 3 heteroatoms. The molecule has 0 spiro atoms. The van der Waals surface area contributed by atoms with Crippen molar-refractivity contribution in [2.45, 2.75) is 20.3 Å². The van der Waals surface area contributed by atoms with E-state index in [2.05, 4.69) is 35.1 Å². The van der Waals surface area contributed by atoms with Crippen molar-refractivity contribution < 1.29 is 0 Å². The third kappa shape index (κ3) is 1.69. The van der Waals surface area contributed by atoms with E-state index >= 15 is 0 Å². The quantitative estimate of drug-likeness (QED) is 0.759. The summed E-state index contributed by atoms with van der Waals surface area (Å²) in [5, 5.41) is 6.85. The summed E-state index contributed by atoms with van der Waals surface area (Å²) in [6.45, 7) is 4.41. The number of hydrogen-bond donors (Lipinski definition) is 1. The lowest BCUT2D eigenvalue weighted by Gasteiger charge is -2.03. The topological polar surface area (TPSA) is 41.6 Å². The van der Waals surface area contributed by atoms with Gasteiger partial charge < -0.3 is 0 Å². The van der Waals surface area contributed by atoms with Gasteiger partial charge in [-0.3, -0.25) is 10.1 Å². The van der Waals surface area contributed by atoms with Crippen molar-refractivity contribution in [1.29, 1.82) is 0 Å². The molecule has 0 amide bonds. The Balaban J connectivity index is 2.37. The lowest BCUT2D eigenvalue weighted by Crippen LogP contribution is -1.94. The number of nitrogens with zero attached hydrogens (tertiary/aromatic N) is 2. The first kappa shape index (κ1) is 8.23. The molecule has 1 N–H and O–H groups in total. The van der Waals surface area contributed by atoms with E-state index in [1.165, 1.54) is 5.56 Å². The maximum Gasteiger partial charge on any atom is 0.108 e. The van der Waals surface area contributed by atoms with Gasteiger partial charge in [-0.15, -0.1) is 0 Å². The van der Waals surface area contributed by atoms with Crippen LogP contribution in [-0.4, -0.2) is 15.2 Å². The van der Waals surface area contributed by atoms with Gasteiger partial charge in [-0.25, -0.2) is 0 Å². The number of aromatic nitrogens is 3. The lowest BCUT2D eigenvalue weighted by atomic mass is 10.0. The minimum absolute atomic E-state index is 0.669. The number of nitrogens with one attached hydrogen (secondary N) is 1. The van der Waals surface area contributed by atoms with Crippen molar-refractivity contribution >= 4 is 11.0 Å². The van der Waals surface area contributed by atoms with E-state index in [9.17, 15) is 0 Å². The summed E-state index contributed by atoms with van der Waals surface area (Å²) >= 11 is 0. The van der Waals surface area contributed by atoms with Crippen LogP contribution in [0.4, 0.5) is 0 Å². The number of fused-ring (bicyclic) bond motifs is 1. The Morgan fingerprint density at radius 3 is 3.00 bits per heavy atom. The average molecular weight is 175 g/mol. The number of H-pyrrole nitrogens is 1. The summed E-state index contributed by atoms with van der Waals surface area (Å²) in [6.07, 6.45) is 4.74. The first-order chi connectivity index (χ1) is 6.25. The van der Waals surface area contributed by atoms with Crippen LogP contribution in [0.3, 0.4) is 0 Å². The number of hydrogen-bond acceptors (Lipinski definition) is 2. The van der Waals surface area contributed by atoms with Crippen LogP contribution in [0, 0.1) is 5.92 Å². The molecule has 3 nitrogen and oxygen atoms in total. The molecule has 0 fully saturated rings. The molecule has 68 valence electrons. The van der Waals surface area contributed by atoms with E-state index in [1.807, 2.05) is 6.20 Å². The first-order valence-electron chi connectivity index (χ1n) is 4.53. The van der Waals surface area contributed by atoms with Gasteiger partial charge in [0.2, 0.25) is 0 Å². The van der Waals surface area contributed by atoms with Crippen molar-refractivity contribution in [1.82, 2.24) is 15.2 Å². The second kappa shape index (κ2) is 3.17. The molecule has 2 aromatic heterocycles. The van der Waals surface area contributed by atoms with E-state index in [4.69, 9.17) is 0 Å². The van der Waals surface area contributed by atoms with Gasteiger partial charge in [0.1, 0.15) is 5.52 Å². The normalized spacial score (nSPS) is 11.3. The van der Waals surface area contributed by atoms with Crippen LogP contribution in [0.15, 0.2) is 18.5 Å². The Labute approximate surface area is 77.2 Å². The molecule has 2 rings (SSSR count). The Morgan fingerprint density at radius 1 is 1.38 bits per heavy atom. The van der Waals surface area contributed by atoms with Gasteiger partial charge in [0.25, 0.3) is 0 Å². The molecule has 0 aliphatic carbocycles. The van der Waals surface area contributed by atoms with Crippen molar-refractivity contribution in [2.75, 3.05) is 0 Å². The van der Waals surface area contributed by atoms with Gasteiger partial charge in [0, 0.05) is 6.20 Å². The minimum Gasteiger partial charge on any atom is -0.276 e. The number of aromatic amines is 1. The van der Waals surface area contributed by atoms with Gasteiger partial charge in [-0.1, -0.05) is 13.8 Å². The summed E-state index contributed by atoms with van der Waals surface area (Å²) < 4.78 is 0. The van der Waals surface area contributed by atoms with Gasteiger partial charge in [0.05, 0.1) is 11.7 Å². The first-order valence-corrected chi connectivity index (χ1v) is 4.53. The third-order valence-electron chi connectivity index (χ3n) is 1.99. The standard InChI is InChI=1S/C10H13N3/c1-7(2)3-8-4-9-10(11-5-8)6-12-13-9/h4-7H,3H2,1-2H3,(H,12,13). The monoisotopic (exact) mass is 175 g/mol. The van der Waals surface area contributed by atoms with Crippen LogP contribution in [0.5, 0.6) is 0 Å². The highest BCUT2D eigenvalue weighted by Gasteiger charge is 2.01. The average Bonchev–Trinajstić information content (AvgIpc) is 2.49. The van der Waals surface area contributed by atoms with Crippen molar-refractivity contribution in [3.05, 3.63) is 24.0 Å². The van der Waals surface area contributed by atoms with Crippen LogP contribution >= 0.6 is 0 Å². The zero-order valence-corrected chi connectivity index (χ0v) is 7.91. The molecule has 0 aliphatic heterocycles. The molecule has 0 radical (unpaired) electrons. The maximum atomic E-state index is 4.30. The second-order valence-electron chi connectivity index (χ2n) is 3.74. The fraction of sp³-hybridized carbons (Fsp3) is 0.400. The second-order valence-corrected chi connectivity index (χ2v) is 3.74. The fourth-order valence-electron chi connectivity index (χ4n) is 1.46. The van der Waals surface area contributed by atoms with E-state index in [1.54, 1.807) is 6.20 Å². The summed E-state index contributed by atoms with van der Waals surface area (Å²) in [6, 6.07) is 2.12. The maximum absolute atomic E-state index is 4.30. The fourth-order valence-corrected chi connectivity index (χ4v) is 1.46. The lowest BCUT2D eigenvalue weighted by molar-refractivity contribution is 0.646. The van der Waals surface area contributed by atoms with Crippen LogP contribution < -0.4 is 0 Å². The Hall–Kier alpha value is -1.38. The molecule has 2 heterocycles. The van der Waals surface area contributed by atoms with Crippen LogP contribution in [0.1, 0.15) is 19.4 Å². The highest BCUT2D eigenvalue weighted by atomic mass is 15.1. The summed E-state index contributed by atoms with van der Waals surface area (Å²) in [5.41, 5.74) is 3.23. The Bertz CT molecular complexity index is 403. The van der Waals surface area contributed by atoms with Crippen LogP contribution in [-0.2, 0) is 6.42 Å². The predicted octanol–water partition coefficient (Wildman–Crippen LogP) is 2.16. The summed E-state index contributed by atoms with van der Waals surface area (Å²) in [4.78, 5) is 4.30. The molecule has 0 aromatic carbocycles. The molecular formula is C10H13N3. The largest absolute Gasteiger partial charge is 0.276 e. The summed E-state index contributed by atoms with van der Waals surface area (Å²) in [7, 11) is 0. The predicted molar refractivity (Wildman–Crippen MR) is 52.4 cm³/mol. The van der Waals surface area contributed by atoms with E-state index in [0.717, 1.165) is 17.5 Å². The van der Waals surface area contributed by atoms with Crippen LogP contribution in [0.25, 0.3) is 11.0 Å². The Kier molecular flexibility index (Phi) is 2.00. The molecule has 0 aliphatic rings. The van der Waals surface area contributed by atoms with Crippen molar-refractivity contribution in [3.63, 3.8) is 0 Å². The van der Waals surface area contributed by atoms with Gasteiger partial charge in [-0.05, 0) is 24.0 Å². The van der Waals surface area contributed by atoms with Gasteiger partial charge >= 0.3 is 0 Å². The molecule has 0 saturated carbocycles. The molecule has 0 unspecified atom stereocenters. The highest BCUT2D eigenvalue weighted by Crippen LogP contribution is 2.12. The zero-order chi connectivity index (χ0) is 9.26. The molecule has 0 atom stereocenters. The molecule has 0 bridgehead atoms. The van der Waals surface area contributed by atoms with Gasteiger partial charge in [0.15, 0.2) is 0 Å². The molecule has 0 saturated heterocycles. The third-order valence-corrected chi connectivity index (χ3v) is 1.99. The molecular weight excluding hydrogens is 162 g/mol. The highest BCUT2D eigenvalue weighted by molar-refractivity contribution is 5.73. The SMILES string of the molecule is CC(C)Cc1cnc2cn[nH]c2c1. The number of rotatable bonds is 2. The van der Waals surface area contributed by atoms with Crippen molar-refractivity contribution in [3.8, 4) is 0 Å². The summed E-state index contributed by atoms with van der Waals surface area (Å²) in [5.74, 6) is 0.669.